The van der Waals surface area contributed by atoms with Crippen LogP contribution in [0, 0.1) is 0 Å². The zero-order valence-corrected chi connectivity index (χ0v) is 13.5. The van der Waals surface area contributed by atoms with E-state index < -0.39 is 0 Å². The van der Waals surface area contributed by atoms with E-state index >= 15 is 0 Å². The summed E-state index contributed by atoms with van der Waals surface area (Å²) < 4.78 is 10.6. The third kappa shape index (κ3) is 5.68. The van der Waals surface area contributed by atoms with Gasteiger partial charge < -0.3 is 14.8 Å². The number of ether oxygens (including phenoxy) is 2. The van der Waals surface area contributed by atoms with Gasteiger partial charge in [0.1, 0.15) is 18.1 Å². The van der Waals surface area contributed by atoms with Gasteiger partial charge in [-0.25, -0.2) is 0 Å². The van der Waals surface area contributed by atoms with Crippen LogP contribution in [0.1, 0.15) is 5.56 Å². The van der Waals surface area contributed by atoms with Gasteiger partial charge >= 0.3 is 0 Å². The molecule has 0 unspecified atom stereocenters. The highest BCUT2D eigenvalue weighted by molar-refractivity contribution is 6.32. The van der Waals surface area contributed by atoms with Crippen LogP contribution >= 0.6 is 11.6 Å². The van der Waals surface area contributed by atoms with Crippen molar-refractivity contribution in [1.82, 2.24) is 5.32 Å². The standard InChI is InChI=1S/C18H18ClNO3/c1-22-15-9-6-14(7-10-15)8-11-18(21)20-12-13-23-17-5-3-2-4-16(17)19/h2-11H,12-13H2,1H3,(H,20,21)/b11-8+. The topological polar surface area (TPSA) is 47.6 Å². The molecule has 0 bridgehead atoms. The van der Waals surface area contributed by atoms with Crippen molar-refractivity contribution in [2.75, 3.05) is 20.3 Å². The molecule has 0 aliphatic rings. The highest BCUT2D eigenvalue weighted by Crippen LogP contribution is 2.22. The molecule has 4 nitrogen and oxygen atoms in total. The summed E-state index contributed by atoms with van der Waals surface area (Å²) >= 11 is 5.97. The normalized spacial score (nSPS) is 10.5. The minimum Gasteiger partial charge on any atom is -0.497 e. The Labute approximate surface area is 140 Å². The van der Waals surface area contributed by atoms with Crippen LogP contribution in [0.15, 0.2) is 54.6 Å². The molecule has 2 rings (SSSR count). The fourth-order valence-corrected chi connectivity index (χ4v) is 2.03. The maximum absolute atomic E-state index is 11.7. The van der Waals surface area contributed by atoms with E-state index in [2.05, 4.69) is 5.32 Å². The first-order valence-corrected chi connectivity index (χ1v) is 7.54. The number of hydrogen-bond acceptors (Lipinski definition) is 3. The summed E-state index contributed by atoms with van der Waals surface area (Å²) in [6.07, 6.45) is 3.22. The van der Waals surface area contributed by atoms with E-state index in [0.717, 1.165) is 11.3 Å². The maximum Gasteiger partial charge on any atom is 0.244 e. The van der Waals surface area contributed by atoms with Crippen molar-refractivity contribution in [3.8, 4) is 11.5 Å². The van der Waals surface area contributed by atoms with Crippen molar-refractivity contribution < 1.29 is 14.3 Å². The summed E-state index contributed by atoms with van der Waals surface area (Å²) in [6, 6.07) is 14.7. The number of halogens is 1. The Morgan fingerprint density at radius 3 is 2.61 bits per heavy atom. The van der Waals surface area contributed by atoms with Crippen molar-refractivity contribution >= 4 is 23.6 Å². The number of benzene rings is 2. The van der Waals surface area contributed by atoms with Crippen LogP contribution in [0.3, 0.4) is 0 Å². The first kappa shape index (κ1) is 16.9. The molecule has 0 radical (unpaired) electrons. The lowest BCUT2D eigenvalue weighted by Crippen LogP contribution is -2.26. The second-order valence-electron chi connectivity index (χ2n) is 4.68. The first-order valence-electron chi connectivity index (χ1n) is 7.16. The van der Waals surface area contributed by atoms with Gasteiger partial charge in [0.05, 0.1) is 18.7 Å². The number of carbonyl (C=O) groups excluding carboxylic acids is 1. The molecule has 0 aliphatic carbocycles. The molecule has 2 aromatic rings. The molecule has 0 saturated heterocycles. The van der Waals surface area contributed by atoms with E-state index in [0.29, 0.717) is 23.9 Å². The minimum absolute atomic E-state index is 0.177. The number of hydrogen-bond donors (Lipinski definition) is 1. The van der Waals surface area contributed by atoms with Gasteiger partial charge in [0.15, 0.2) is 0 Å². The predicted molar refractivity (Wildman–Crippen MR) is 92.0 cm³/mol. The van der Waals surface area contributed by atoms with Crippen LogP contribution in [0.2, 0.25) is 5.02 Å². The molecule has 1 amide bonds. The van der Waals surface area contributed by atoms with E-state index in [1.54, 1.807) is 25.3 Å². The summed E-state index contributed by atoms with van der Waals surface area (Å²) in [5.41, 5.74) is 0.924. The largest absolute Gasteiger partial charge is 0.497 e. The Hall–Kier alpha value is -2.46. The Morgan fingerprint density at radius 2 is 1.91 bits per heavy atom. The number of amides is 1. The van der Waals surface area contributed by atoms with Gasteiger partial charge in [-0.2, -0.15) is 0 Å². The molecule has 0 atom stereocenters. The first-order chi connectivity index (χ1) is 11.2. The average molecular weight is 332 g/mol. The average Bonchev–Trinajstić information content (AvgIpc) is 2.59. The van der Waals surface area contributed by atoms with E-state index in [9.17, 15) is 4.79 Å². The minimum atomic E-state index is -0.177. The van der Waals surface area contributed by atoms with E-state index in [1.165, 1.54) is 6.08 Å². The molecule has 23 heavy (non-hydrogen) atoms. The molecule has 5 heteroatoms. The van der Waals surface area contributed by atoms with Crippen LogP contribution < -0.4 is 14.8 Å². The van der Waals surface area contributed by atoms with Gasteiger partial charge in [0.2, 0.25) is 5.91 Å². The second kappa shape index (κ2) is 8.86. The Kier molecular flexibility index (Phi) is 6.51. The lowest BCUT2D eigenvalue weighted by molar-refractivity contribution is -0.116. The lowest BCUT2D eigenvalue weighted by Gasteiger charge is -2.07. The number of para-hydroxylation sites is 1. The van der Waals surface area contributed by atoms with Gasteiger partial charge in [0.25, 0.3) is 0 Å². The van der Waals surface area contributed by atoms with Crippen LogP contribution in [0.4, 0.5) is 0 Å². The summed E-state index contributed by atoms with van der Waals surface area (Å²) in [4.78, 5) is 11.7. The van der Waals surface area contributed by atoms with Crippen molar-refractivity contribution in [2.45, 2.75) is 0 Å². The molecular weight excluding hydrogens is 314 g/mol. The molecular formula is C18H18ClNO3. The fourth-order valence-electron chi connectivity index (χ4n) is 1.84. The van der Waals surface area contributed by atoms with Crippen molar-refractivity contribution in [3.05, 3.63) is 65.2 Å². The molecule has 0 spiro atoms. The summed E-state index contributed by atoms with van der Waals surface area (Å²) in [5.74, 6) is 1.21. The third-order valence-electron chi connectivity index (χ3n) is 3.04. The number of methoxy groups -OCH3 is 1. The molecule has 0 saturated carbocycles. The van der Waals surface area contributed by atoms with E-state index in [1.807, 2.05) is 36.4 Å². The van der Waals surface area contributed by atoms with Crippen molar-refractivity contribution in [2.24, 2.45) is 0 Å². The predicted octanol–water partition coefficient (Wildman–Crippen LogP) is 3.56. The summed E-state index contributed by atoms with van der Waals surface area (Å²) in [5, 5.41) is 3.30. The van der Waals surface area contributed by atoms with Gasteiger partial charge in [-0.05, 0) is 35.9 Å². The zero-order valence-electron chi connectivity index (χ0n) is 12.8. The van der Waals surface area contributed by atoms with Crippen LogP contribution in [0.5, 0.6) is 11.5 Å². The monoisotopic (exact) mass is 331 g/mol. The van der Waals surface area contributed by atoms with Crippen LogP contribution in [-0.4, -0.2) is 26.2 Å². The Balaban J connectivity index is 1.72. The molecule has 0 aromatic heterocycles. The smallest absolute Gasteiger partial charge is 0.244 e. The van der Waals surface area contributed by atoms with Crippen LogP contribution in [0.25, 0.3) is 6.08 Å². The van der Waals surface area contributed by atoms with E-state index in [4.69, 9.17) is 21.1 Å². The lowest BCUT2D eigenvalue weighted by atomic mass is 10.2. The summed E-state index contributed by atoms with van der Waals surface area (Å²) in [6.45, 7) is 0.753. The van der Waals surface area contributed by atoms with E-state index in [-0.39, 0.29) is 5.91 Å². The highest BCUT2D eigenvalue weighted by Gasteiger charge is 2.00. The number of nitrogens with one attached hydrogen (secondary N) is 1. The third-order valence-corrected chi connectivity index (χ3v) is 3.35. The van der Waals surface area contributed by atoms with Crippen molar-refractivity contribution in [1.29, 1.82) is 0 Å². The quantitative estimate of drug-likeness (QED) is 0.623. The summed E-state index contributed by atoms with van der Waals surface area (Å²) in [7, 11) is 1.61. The Morgan fingerprint density at radius 1 is 1.17 bits per heavy atom. The molecule has 0 heterocycles. The van der Waals surface area contributed by atoms with Crippen molar-refractivity contribution in [3.63, 3.8) is 0 Å². The Bertz CT molecular complexity index is 668. The number of carbonyl (C=O) groups is 1. The number of rotatable bonds is 7. The van der Waals surface area contributed by atoms with Gasteiger partial charge in [-0.1, -0.05) is 35.9 Å². The second-order valence-corrected chi connectivity index (χ2v) is 5.08. The fraction of sp³-hybridized carbons (Fsp3) is 0.167. The molecule has 2 aromatic carbocycles. The zero-order chi connectivity index (χ0) is 16.5. The SMILES string of the molecule is COc1ccc(/C=C/C(=O)NCCOc2ccccc2Cl)cc1. The molecule has 0 fully saturated rings. The van der Waals surface area contributed by atoms with Crippen LogP contribution in [-0.2, 0) is 4.79 Å². The van der Waals surface area contributed by atoms with Gasteiger partial charge in [-0.3, -0.25) is 4.79 Å². The molecule has 120 valence electrons. The van der Waals surface area contributed by atoms with Gasteiger partial charge in [-0.15, -0.1) is 0 Å². The maximum atomic E-state index is 11.7. The van der Waals surface area contributed by atoms with Gasteiger partial charge in [0, 0.05) is 6.08 Å². The molecule has 1 N–H and O–H groups in total. The molecule has 0 aliphatic heterocycles. The highest BCUT2D eigenvalue weighted by atomic mass is 35.5.